The van der Waals surface area contributed by atoms with Crippen LogP contribution < -0.4 is 4.72 Å². The fourth-order valence-corrected chi connectivity index (χ4v) is 3.72. The average Bonchev–Trinajstić information content (AvgIpc) is 2.21. The van der Waals surface area contributed by atoms with E-state index in [0.717, 1.165) is 5.56 Å². The van der Waals surface area contributed by atoms with Crippen LogP contribution in [0.15, 0.2) is 18.2 Å². The Labute approximate surface area is 112 Å². The van der Waals surface area contributed by atoms with Crippen LogP contribution >= 0.6 is 11.8 Å². The minimum absolute atomic E-state index is 0.154. The van der Waals surface area contributed by atoms with Gasteiger partial charge in [0.05, 0.1) is 5.75 Å². The zero-order valence-corrected chi connectivity index (χ0v) is 12.4. The molecule has 1 N–H and O–H groups in total. The molecule has 0 unspecified atom stereocenters. The quantitative estimate of drug-likeness (QED) is 0.875. The molecule has 18 heavy (non-hydrogen) atoms. The summed E-state index contributed by atoms with van der Waals surface area (Å²) in [7, 11) is -3.49. The zero-order valence-electron chi connectivity index (χ0n) is 10.7. The number of rotatable bonds is 6. The monoisotopic (exact) mass is 291 g/mol. The second-order valence-electron chi connectivity index (χ2n) is 4.33. The molecule has 0 heterocycles. The van der Waals surface area contributed by atoms with Crippen LogP contribution in [0.1, 0.15) is 18.1 Å². The van der Waals surface area contributed by atoms with Crippen LogP contribution in [0.3, 0.4) is 0 Å². The SMILES string of the molecule is CSC[C@H](C)NS(=O)(=O)Cc1ccc(C)cc1F. The molecule has 6 heteroatoms. The second kappa shape index (κ2) is 6.54. The number of sulfonamides is 1. The Hall–Kier alpha value is -0.590. The number of halogens is 1. The summed E-state index contributed by atoms with van der Waals surface area (Å²) in [4.78, 5) is 0. The van der Waals surface area contributed by atoms with E-state index in [0.29, 0.717) is 5.75 Å². The molecule has 0 saturated heterocycles. The first-order valence-electron chi connectivity index (χ1n) is 5.58. The van der Waals surface area contributed by atoms with E-state index in [1.165, 1.54) is 12.1 Å². The predicted molar refractivity (Wildman–Crippen MR) is 74.7 cm³/mol. The fraction of sp³-hybridized carbons (Fsp3) is 0.500. The van der Waals surface area contributed by atoms with Gasteiger partial charge in [-0.3, -0.25) is 0 Å². The molecule has 0 amide bonds. The van der Waals surface area contributed by atoms with E-state index in [-0.39, 0.29) is 17.4 Å². The molecule has 0 spiro atoms. The normalized spacial score (nSPS) is 13.6. The van der Waals surface area contributed by atoms with Crippen molar-refractivity contribution in [2.45, 2.75) is 25.6 Å². The molecule has 1 aromatic rings. The maximum atomic E-state index is 13.6. The molecule has 1 aromatic carbocycles. The lowest BCUT2D eigenvalue weighted by Crippen LogP contribution is -2.35. The molecule has 0 bridgehead atoms. The topological polar surface area (TPSA) is 46.2 Å². The molecule has 0 aliphatic heterocycles. The summed E-state index contributed by atoms with van der Waals surface area (Å²) in [5.74, 6) is -0.106. The van der Waals surface area contributed by atoms with Crippen molar-refractivity contribution in [3.8, 4) is 0 Å². The number of hydrogen-bond donors (Lipinski definition) is 1. The smallest absolute Gasteiger partial charge is 0.212 e. The summed E-state index contributed by atoms with van der Waals surface area (Å²) in [5.41, 5.74) is 0.974. The molecule has 102 valence electrons. The molecule has 1 rings (SSSR count). The van der Waals surface area contributed by atoms with Gasteiger partial charge in [-0.1, -0.05) is 12.1 Å². The number of nitrogens with one attached hydrogen (secondary N) is 1. The van der Waals surface area contributed by atoms with E-state index >= 15 is 0 Å². The second-order valence-corrected chi connectivity index (χ2v) is 6.99. The van der Waals surface area contributed by atoms with Crippen molar-refractivity contribution in [1.29, 1.82) is 0 Å². The van der Waals surface area contributed by atoms with E-state index in [1.807, 2.05) is 6.26 Å². The van der Waals surface area contributed by atoms with Gasteiger partial charge in [0, 0.05) is 17.4 Å². The highest BCUT2D eigenvalue weighted by atomic mass is 32.2. The van der Waals surface area contributed by atoms with Gasteiger partial charge in [-0.25, -0.2) is 17.5 Å². The third kappa shape index (κ3) is 4.96. The van der Waals surface area contributed by atoms with E-state index in [4.69, 9.17) is 0 Å². The van der Waals surface area contributed by atoms with Gasteiger partial charge in [0.25, 0.3) is 0 Å². The fourth-order valence-electron chi connectivity index (χ4n) is 1.61. The van der Waals surface area contributed by atoms with E-state index < -0.39 is 15.8 Å². The molecular weight excluding hydrogens is 273 g/mol. The minimum Gasteiger partial charge on any atom is -0.212 e. The largest absolute Gasteiger partial charge is 0.216 e. The van der Waals surface area contributed by atoms with E-state index in [9.17, 15) is 12.8 Å². The molecule has 0 fully saturated rings. The minimum atomic E-state index is -3.49. The number of hydrogen-bond acceptors (Lipinski definition) is 3. The Morgan fingerprint density at radius 2 is 2.11 bits per heavy atom. The molecule has 0 aromatic heterocycles. The van der Waals surface area contributed by atoms with Gasteiger partial charge in [-0.2, -0.15) is 11.8 Å². The molecule has 0 aliphatic rings. The molecule has 3 nitrogen and oxygen atoms in total. The van der Waals surface area contributed by atoms with Gasteiger partial charge in [0.2, 0.25) is 10.0 Å². The lowest BCUT2D eigenvalue weighted by atomic mass is 10.2. The highest BCUT2D eigenvalue weighted by Gasteiger charge is 2.17. The average molecular weight is 291 g/mol. The van der Waals surface area contributed by atoms with Gasteiger partial charge < -0.3 is 0 Å². The summed E-state index contributed by atoms with van der Waals surface area (Å²) in [6.45, 7) is 3.56. The lowest BCUT2D eigenvalue weighted by molar-refractivity contribution is 0.565. The van der Waals surface area contributed by atoms with Crippen LogP contribution in [0, 0.1) is 12.7 Å². The van der Waals surface area contributed by atoms with Gasteiger partial charge in [-0.05, 0) is 31.7 Å². The number of benzene rings is 1. The van der Waals surface area contributed by atoms with Crippen molar-refractivity contribution < 1.29 is 12.8 Å². The first kappa shape index (κ1) is 15.5. The van der Waals surface area contributed by atoms with Crippen LogP contribution in [-0.4, -0.2) is 26.5 Å². The summed E-state index contributed by atoms with van der Waals surface area (Å²) in [6, 6.07) is 4.41. The molecule has 1 atom stereocenters. The van der Waals surface area contributed by atoms with Gasteiger partial charge >= 0.3 is 0 Å². The maximum Gasteiger partial charge on any atom is 0.216 e. The maximum absolute atomic E-state index is 13.6. The molecular formula is C12H18FNO2S2. The number of thioether (sulfide) groups is 1. The van der Waals surface area contributed by atoms with Crippen molar-refractivity contribution in [2.75, 3.05) is 12.0 Å². The van der Waals surface area contributed by atoms with Crippen LogP contribution in [0.2, 0.25) is 0 Å². The molecule has 0 aliphatic carbocycles. The Morgan fingerprint density at radius 1 is 1.44 bits per heavy atom. The first-order chi connectivity index (χ1) is 8.34. The number of aryl methyl sites for hydroxylation is 1. The third-order valence-electron chi connectivity index (χ3n) is 2.35. The Balaban J connectivity index is 2.76. The van der Waals surface area contributed by atoms with Crippen LogP contribution in [0.5, 0.6) is 0 Å². The Morgan fingerprint density at radius 3 is 2.67 bits per heavy atom. The van der Waals surface area contributed by atoms with E-state index in [1.54, 1.807) is 31.7 Å². The predicted octanol–water partition coefficient (Wildman–Crippen LogP) is 2.31. The van der Waals surface area contributed by atoms with Gasteiger partial charge in [-0.15, -0.1) is 0 Å². The highest BCUT2D eigenvalue weighted by Crippen LogP contribution is 2.13. The summed E-state index contributed by atoms with van der Waals surface area (Å²) in [6.07, 6.45) is 1.91. The van der Waals surface area contributed by atoms with Crippen molar-refractivity contribution >= 4 is 21.8 Å². The van der Waals surface area contributed by atoms with Crippen molar-refractivity contribution in [2.24, 2.45) is 0 Å². The van der Waals surface area contributed by atoms with Crippen molar-refractivity contribution in [3.63, 3.8) is 0 Å². The van der Waals surface area contributed by atoms with Crippen LogP contribution in [0.4, 0.5) is 4.39 Å². The van der Waals surface area contributed by atoms with E-state index in [2.05, 4.69) is 4.72 Å². The van der Waals surface area contributed by atoms with Crippen LogP contribution in [0.25, 0.3) is 0 Å². The lowest BCUT2D eigenvalue weighted by Gasteiger charge is -2.13. The van der Waals surface area contributed by atoms with Gasteiger partial charge in [0.15, 0.2) is 0 Å². The third-order valence-corrected chi connectivity index (χ3v) is 4.64. The van der Waals surface area contributed by atoms with Crippen molar-refractivity contribution in [3.05, 3.63) is 35.1 Å². The Kier molecular flexibility index (Phi) is 5.62. The zero-order chi connectivity index (χ0) is 13.8. The molecule has 0 radical (unpaired) electrons. The Bertz CT molecular complexity index is 503. The molecule has 0 saturated carbocycles. The van der Waals surface area contributed by atoms with Gasteiger partial charge in [0.1, 0.15) is 5.82 Å². The standard InChI is InChI=1S/C12H18FNO2S2/c1-9-4-5-11(12(13)6-9)8-18(15,16)14-10(2)7-17-3/h4-6,10,14H,7-8H2,1-3H3/t10-/m0/s1. The van der Waals surface area contributed by atoms with Crippen molar-refractivity contribution in [1.82, 2.24) is 4.72 Å². The summed E-state index contributed by atoms with van der Waals surface area (Å²) >= 11 is 1.56. The summed E-state index contributed by atoms with van der Waals surface area (Å²) < 4.78 is 39.8. The summed E-state index contributed by atoms with van der Waals surface area (Å²) in [5, 5.41) is 0. The van der Waals surface area contributed by atoms with Crippen LogP contribution in [-0.2, 0) is 15.8 Å². The first-order valence-corrected chi connectivity index (χ1v) is 8.62. The highest BCUT2D eigenvalue weighted by molar-refractivity contribution is 7.98.